The molecule has 0 radical (unpaired) electrons. The first-order valence-electron chi connectivity index (χ1n) is 20.4. The van der Waals surface area contributed by atoms with Crippen molar-refractivity contribution >= 4 is 21.7 Å². The molecule has 1 aliphatic carbocycles. The van der Waals surface area contributed by atoms with Crippen LogP contribution in [-0.4, -0.2) is 159 Å². The topological polar surface area (TPSA) is 201 Å². The van der Waals surface area contributed by atoms with E-state index in [0.29, 0.717) is 45.2 Å². The van der Waals surface area contributed by atoms with Crippen molar-refractivity contribution < 1.29 is 61.4 Å². The Hall–Kier alpha value is -3.07. The molecule has 0 unspecified atom stereocenters. The standard InChI is InChI=1S/C41H63N3O13S/c1-2-51-23-24-55-28-25-52-20-8-11-37(45)38(46)39(47)41(48)42-16-21-53-26-29-56-30-27-54-22-17-43-58(49,50)34-14-12-33(13-15-34)57-40-35-10-5-4-9-32(35)31-36(40)44-18-6-3-7-19-44/h4-5,9-10,12-15,36,38-40,43,46-47H,2-3,6-8,11,16-31H2,1H3,(H,42,48)/t36-,38-,39+,40-/m0/s1. The zero-order valence-corrected chi connectivity index (χ0v) is 34.5. The molecule has 2 aliphatic rings. The Bertz CT molecular complexity index is 1580. The first-order chi connectivity index (χ1) is 28.2. The summed E-state index contributed by atoms with van der Waals surface area (Å²) in [5.74, 6) is -0.905. The van der Waals surface area contributed by atoms with Gasteiger partial charge in [0.05, 0.1) is 77.0 Å². The Labute approximate surface area is 342 Å². The molecule has 58 heavy (non-hydrogen) atoms. The summed E-state index contributed by atoms with van der Waals surface area (Å²) in [4.78, 5) is 27.0. The monoisotopic (exact) mass is 837 g/mol. The smallest absolute Gasteiger partial charge is 0.252 e. The molecule has 17 heteroatoms. The highest BCUT2D eigenvalue weighted by atomic mass is 32.2. The normalized spacial score (nSPS) is 18.1. The Morgan fingerprint density at radius 3 is 1.98 bits per heavy atom. The van der Waals surface area contributed by atoms with Gasteiger partial charge in [-0.2, -0.15) is 0 Å². The molecular formula is C41H63N3O13S. The number of Topliss-reactive ketones (excluding diaryl/α,β-unsaturated/α-hetero) is 1. The van der Waals surface area contributed by atoms with Crippen LogP contribution < -0.4 is 14.8 Å². The minimum Gasteiger partial charge on any atom is -0.484 e. The van der Waals surface area contributed by atoms with Crippen molar-refractivity contribution in [1.29, 1.82) is 0 Å². The number of sulfonamides is 1. The molecule has 2 aromatic rings. The van der Waals surface area contributed by atoms with Crippen molar-refractivity contribution in [3.63, 3.8) is 0 Å². The molecule has 0 aromatic heterocycles. The SMILES string of the molecule is CCOCCOCCOCCCC(=O)[C@H](O)[C@@H](O)C(=O)NCCOCCOCCOCCNS(=O)(=O)c1ccc(O[C@H]2c3ccccc3C[C@@H]2N2CCCCC2)cc1. The van der Waals surface area contributed by atoms with Crippen molar-refractivity contribution in [2.24, 2.45) is 0 Å². The van der Waals surface area contributed by atoms with Crippen LogP contribution in [0, 0.1) is 0 Å². The van der Waals surface area contributed by atoms with Crippen molar-refractivity contribution in [2.45, 2.75) is 74.7 Å². The van der Waals surface area contributed by atoms with Crippen molar-refractivity contribution in [3.05, 3.63) is 59.7 Å². The predicted molar refractivity (Wildman–Crippen MR) is 214 cm³/mol. The summed E-state index contributed by atoms with van der Waals surface area (Å²) in [6, 6.07) is 15.2. The molecule has 4 N–H and O–H groups in total. The molecule has 0 bridgehead atoms. The number of carbonyl (C=O) groups excluding carboxylic acids is 2. The van der Waals surface area contributed by atoms with E-state index in [1.165, 1.54) is 30.4 Å². The molecule has 1 fully saturated rings. The number of rotatable bonds is 31. The van der Waals surface area contributed by atoms with E-state index >= 15 is 0 Å². The minimum atomic E-state index is -3.74. The van der Waals surface area contributed by atoms with E-state index in [0.717, 1.165) is 19.5 Å². The summed E-state index contributed by atoms with van der Waals surface area (Å²) in [6.45, 7) is 8.14. The van der Waals surface area contributed by atoms with Crippen LogP contribution in [0.2, 0.25) is 0 Å². The summed E-state index contributed by atoms with van der Waals surface area (Å²) >= 11 is 0. The van der Waals surface area contributed by atoms with Gasteiger partial charge in [-0.05, 0) is 81.1 Å². The van der Waals surface area contributed by atoms with Gasteiger partial charge in [0, 0.05) is 32.7 Å². The number of ketones is 1. The Morgan fingerprint density at radius 1 is 0.741 bits per heavy atom. The van der Waals surface area contributed by atoms with Crippen LogP contribution in [0.4, 0.5) is 0 Å². The second-order valence-electron chi connectivity index (χ2n) is 14.0. The molecule has 16 nitrogen and oxygen atoms in total. The fourth-order valence-corrected chi connectivity index (χ4v) is 7.73. The lowest BCUT2D eigenvalue weighted by Gasteiger charge is -2.35. The zero-order chi connectivity index (χ0) is 41.4. The maximum Gasteiger partial charge on any atom is 0.252 e. The first-order valence-corrected chi connectivity index (χ1v) is 21.9. The Balaban J connectivity index is 0.982. The van der Waals surface area contributed by atoms with Crippen molar-refractivity contribution in [3.8, 4) is 5.75 Å². The average molecular weight is 838 g/mol. The lowest BCUT2D eigenvalue weighted by Crippen LogP contribution is -2.46. The van der Waals surface area contributed by atoms with Crippen molar-refractivity contribution in [2.75, 3.05) is 105 Å². The van der Waals surface area contributed by atoms with Crippen LogP contribution in [0.5, 0.6) is 5.75 Å². The molecule has 2 aromatic carbocycles. The van der Waals surface area contributed by atoms with Crippen LogP contribution in [0.1, 0.15) is 56.3 Å². The van der Waals surface area contributed by atoms with Gasteiger partial charge in [0.15, 0.2) is 11.9 Å². The third-order valence-corrected chi connectivity index (χ3v) is 11.3. The minimum absolute atomic E-state index is 0.0498. The van der Waals surface area contributed by atoms with Gasteiger partial charge in [-0.3, -0.25) is 14.5 Å². The van der Waals surface area contributed by atoms with E-state index in [9.17, 15) is 28.2 Å². The maximum atomic E-state index is 12.9. The number of benzene rings is 2. The van der Waals surface area contributed by atoms with E-state index in [2.05, 4.69) is 33.1 Å². The largest absolute Gasteiger partial charge is 0.484 e. The fourth-order valence-electron chi connectivity index (χ4n) is 6.72. The Kier molecular flexibility index (Phi) is 22.1. The van der Waals surface area contributed by atoms with E-state index in [-0.39, 0.29) is 82.8 Å². The summed E-state index contributed by atoms with van der Waals surface area (Å²) < 4.78 is 67.0. The van der Waals surface area contributed by atoms with Crippen molar-refractivity contribution in [1.82, 2.24) is 14.9 Å². The molecule has 0 saturated carbocycles. The number of nitrogens with zero attached hydrogens (tertiary/aromatic N) is 1. The third kappa shape index (κ3) is 16.5. The number of aliphatic hydroxyl groups is 2. The van der Waals surface area contributed by atoms with Gasteiger partial charge in [-0.1, -0.05) is 30.7 Å². The molecule has 1 amide bonds. The van der Waals surface area contributed by atoms with Gasteiger partial charge >= 0.3 is 0 Å². The second-order valence-corrected chi connectivity index (χ2v) is 15.8. The van der Waals surface area contributed by atoms with Gasteiger partial charge in [-0.15, -0.1) is 0 Å². The number of carbonyl (C=O) groups is 2. The highest BCUT2D eigenvalue weighted by Gasteiger charge is 2.38. The highest BCUT2D eigenvalue weighted by molar-refractivity contribution is 7.89. The molecule has 326 valence electrons. The van der Waals surface area contributed by atoms with E-state index in [4.69, 9.17) is 33.2 Å². The van der Waals surface area contributed by atoms with Crippen LogP contribution >= 0.6 is 0 Å². The highest BCUT2D eigenvalue weighted by Crippen LogP contribution is 2.39. The molecule has 1 aliphatic heterocycles. The predicted octanol–water partition coefficient (Wildman–Crippen LogP) is 1.80. The lowest BCUT2D eigenvalue weighted by molar-refractivity contribution is -0.145. The molecule has 4 atom stereocenters. The fraction of sp³-hybridized carbons (Fsp3) is 0.659. The van der Waals surface area contributed by atoms with Crippen LogP contribution in [0.15, 0.2) is 53.4 Å². The molecule has 0 spiro atoms. The number of nitrogens with one attached hydrogen (secondary N) is 2. The summed E-state index contributed by atoms with van der Waals surface area (Å²) in [6.07, 6.45) is 1.04. The van der Waals surface area contributed by atoms with Gasteiger partial charge in [0.25, 0.3) is 5.91 Å². The van der Waals surface area contributed by atoms with E-state index in [1.54, 1.807) is 24.3 Å². The number of likely N-dealkylation sites (tertiary alicyclic amines) is 1. The van der Waals surface area contributed by atoms with Gasteiger partial charge in [0.1, 0.15) is 18.0 Å². The van der Waals surface area contributed by atoms with Gasteiger partial charge in [-0.25, -0.2) is 13.1 Å². The third-order valence-electron chi connectivity index (χ3n) is 9.78. The van der Waals surface area contributed by atoms with E-state index in [1.807, 2.05) is 13.0 Å². The molecule has 1 heterocycles. The van der Waals surface area contributed by atoms with Crippen LogP contribution in [-0.2, 0) is 54.5 Å². The maximum absolute atomic E-state index is 12.9. The number of aliphatic hydroxyl groups excluding tert-OH is 2. The average Bonchev–Trinajstić information content (AvgIpc) is 3.60. The Morgan fingerprint density at radius 2 is 1.33 bits per heavy atom. The zero-order valence-electron chi connectivity index (χ0n) is 33.7. The number of hydrogen-bond donors (Lipinski definition) is 4. The quantitative estimate of drug-likeness (QED) is 0.0802. The number of amides is 1. The lowest BCUT2D eigenvalue weighted by atomic mass is 10.0. The number of fused-ring (bicyclic) bond motifs is 1. The molecular weight excluding hydrogens is 775 g/mol. The van der Waals surface area contributed by atoms with Gasteiger partial charge in [0.2, 0.25) is 10.0 Å². The molecule has 1 saturated heterocycles. The molecule has 4 rings (SSSR count). The van der Waals surface area contributed by atoms with Crippen LogP contribution in [0.25, 0.3) is 0 Å². The summed E-state index contributed by atoms with van der Waals surface area (Å²) in [5, 5.41) is 22.5. The van der Waals surface area contributed by atoms with Gasteiger partial charge < -0.3 is 48.7 Å². The summed E-state index contributed by atoms with van der Waals surface area (Å²) in [5.41, 5.74) is 2.50. The number of piperidine rings is 1. The number of ether oxygens (including phenoxy) is 7. The second kappa shape index (κ2) is 26.9. The van der Waals surface area contributed by atoms with Crippen LogP contribution in [0.3, 0.4) is 0 Å². The first kappa shape index (κ1) is 47.6. The van der Waals surface area contributed by atoms with E-state index < -0.39 is 33.9 Å². The summed E-state index contributed by atoms with van der Waals surface area (Å²) in [7, 11) is -3.74. The number of hydrogen-bond acceptors (Lipinski definition) is 14.